The molecule has 0 spiro atoms. The van der Waals surface area contributed by atoms with Crippen LogP contribution in [-0.4, -0.2) is 25.0 Å². The van der Waals surface area contributed by atoms with Crippen molar-refractivity contribution in [2.45, 2.75) is 44.6 Å². The molecule has 2 rings (SSSR count). The van der Waals surface area contributed by atoms with Gasteiger partial charge < -0.3 is 10.1 Å². The molecule has 1 amide bonds. The van der Waals surface area contributed by atoms with E-state index in [1.165, 1.54) is 12.7 Å². The fourth-order valence-corrected chi connectivity index (χ4v) is 2.98. The Balaban J connectivity index is 1.81. The van der Waals surface area contributed by atoms with Gasteiger partial charge in [-0.05, 0) is 30.7 Å². The molecule has 1 aromatic carbocycles. The third-order valence-corrected chi connectivity index (χ3v) is 4.13. The molecule has 0 heterocycles. The fraction of sp³-hybridized carbons (Fsp3) is 0.529. The van der Waals surface area contributed by atoms with Crippen molar-refractivity contribution in [2.24, 2.45) is 5.92 Å². The summed E-state index contributed by atoms with van der Waals surface area (Å²) in [5.41, 5.74) is 1.32. The van der Waals surface area contributed by atoms with Gasteiger partial charge in [0.2, 0.25) is 5.91 Å². The molecular weight excluding hydrogens is 266 g/mol. The number of carbonyl (C=O) groups is 2. The van der Waals surface area contributed by atoms with Crippen LogP contribution in [-0.2, 0) is 20.7 Å². The van der Waals surface area contributed by atoms with Crippen molar-refractivity contribution in [2.75, 3.05) is 7.11 Å². The number of rotatable bonds is 6. The number of hydrogen-bond donors (Lipinski definition) is 1. The lowest BCUT2D eigenvalue weighted by molar-refractivity contribution is -0.142. The summed E-state index contributed by atoms with van der Waals surface area (Å²) in [6.07, 6.45) is 4.69. The highest BCUT2D eigenvalue weighted by atomic mass is 16.5. The number of esters is 1. The number of benzene rings is 1. The number of amides is 1. The third-order valence-electron chi connectivity index (χ3n) is 4.13. The van der Waals surface area contributed by atoms with Gasteiger partial charge in [0.05, 0.1) is 13.5 Å². The van der Waals surface area contributed by atoms with Gasteiger partial charge >= 0.3 is 5.97 Å². The van der Waals surface area contributed by atoms with Gasteiger partial charge in [-0.15, -0.1) is 0 Å². The van der Waals surface area contributed by atoms with Gasteiger partial charge in [-0.3, -0.25) is 9.59 Å². The first-order valence-electron chi connectivity index (χ1n) is 7.59. The molecule has 0 aromatic heterocycles. The van der Waals surface area contributed by atoms with Crippen molar-refractivity contribution >= 4 is 11.9 Å². The molecule has 2 atom stereocenters. The summed E-state index contributed by atoms with van der Waals surface area (Å²) in [5.74, 6) is 0.109. The Morgan fingerprint density at radius 3 is 2.67 bits per heavy atom. The number of hydrogen-bond acceptors (Lipinski definition) is 3. The van der Waals surface area contributed by atoms with E-state index >= 15 is 0 Å². The molecule has 1 fully saturated rings. The number of ether oxygens (including phenoxy) is 1. The second kappa shape index (κ2) is 7.81. The predicted octanol–water partition coefficient (Wildman–Crippen LogP) is 2.47. The molecule has 1 saturated carbocycles. The Labute approximate surface area is 125 Å². The SMILES string of the molecule is COC(=O)CCC(=O)N[C@@H]1CCC[C@@H]1Cc1ccccc1. The van der Waals surface area contributed by atoms with Crippen LogP contribution in [0.4, 0.5) is 0 Å². The molecule has 4 nitrogen and oxygen atoms in total. The van der Waals surface area contributed by atoms with Crippen LogP contribution in [0.15, 0.2) is 30.3 Å². The van der Waals surface area contributed by atoms with Crippen molar-refractivity contribution in [3.05, 3.63) is 35.9 Å². The van der Waals surface area contributed by atoms with Crippen molar-refractivity contribution < 1.29 is 14.3 Å². The zero-order chi connectivity index (χ0) is 15.1. The maximum atomic E-state index is 11.9. The Kier molecular flexibility index (Phi) is 5.78. The Morgan fingerprint density at radius 2 is 1.95 bits per heavy atom. The van der Waals surface area contributed by atoms with E-state index in [4.69, 9.17) is 0 Å². The second-order valence-electron chi connectivity index (χ2n) is 5.63. The summed E-state index contributed by atoms with van der Waals surface area (Å²) in [6, 6.07) is 10.6. The quantitative estimate of drug-likeness (QED) is 0.819. The van der Waals surface area contributed by atoms with E-state index in [9.17, 15) is 9.59 Å². The summed E-state index contributed by atoms with van der Waals surface area (Å²) in [4.78, 5) is 23.0. The van der Waals surface area contributed by atoms with Crippen molar-refractivity contribution in [1.82, 2.24) is 5.32 Å². The van der Waals surface area contributed by atoms with E-state index in [1.54, 1.807) is 0 Å². The molecule has 0 aliphatic heterocycles. The molecule has 1 N–H and O–H groups in total. The van der Waals surface area contributed by atoms with Gasteiger partial charge in [0.15, 0.2) is 0 Å². The van der Waals surface area contributed by atoms with Crippen molar-refractivity contribution in [3.8, 4) is 0 Å². The Morgan fingerprint density at radius 1 is 1.19 bits per heavy atom. The van der Waals surface area contributed by atoms with E-state index < -0.39 is 0 Å². The first-order valence-corrected chi connectivity index (χ1v) is 7.59. The van der Waals surface area contributed by atoms with Gasteiger partial charge in [0, 0.05) is 12.5 Å². The maximum absolute atomic E-state index is 11.9. The predicted molar refractivity (Wildman–Crippen MR) is 80.7 cm³/mol. The van der Waals surface area contributed by atoms with Gasteiger partial charge in [-0.2, -0.15) is 0 Å². The lowest BCUT2D eigenvalue weighted by atomic mass is 9.94. The summed E-state index contributed by atoms with van der Waals surface area (Å²) >= 11 is 0. The zero-order valence-electron chi connectivity index (χ0n) is 12.5. The minimum atomic E-state index is -0.336. The topological polar surface area (TPSA) is 55.4 Å². The standard InChI is InChI=1S/C17H23NO3/c1-21-17(20)11-10-16(19)18-15-9-5-8-14(15)12-13-6-3-2-4-7-13/h2-4,6-7,14-15H,5,8-12H2,1H3,(H,18,19)/t14-,15-/m1/s1. The first kappa shape index (κ1) is 15.5. The second-order valence-corrected chi connectivity index (χ2v) is 5.63. The van der Waals surface area contributed by atoms with E-state index in [0.29, 0.717) is 5.92 Å². The minimum Gasteiger partial charge on any atom is -0.469 e. The van der Waals surface area contributed by atoms with E-state index in [2.05, 4.69) is 22.2 Å². The molecule has 0 bridgehead atoms. The third kappa shape index (κ3) is 4.88. The molecule has 1 aromatic rings. The highest BCUT2D eigenvalue weighted by Gasteiger charge is 2.28. The van der Waals surface area contributed by atoms with Gasteiger partial charge in [-0.25, -0.2) is 0 Å². The lowest BCUT2D eigenvalue weighted by Crippen LogP contribution is -2.38. The van der Waals surface area contributed by atoms with Crippen LogP contribution in [0.2, 0.25) is 0 Å². The van der Waals surface area contributed by atoms with Crippen LogP contribution in [0.3, 0.4) is 0 Å². The molecule has 4 heteroatoms. The molecule has 0 unspecified atom stereocenters. The molecular formula is C17H23NO3. The molecule has 1 aliphatic carbocycles. The Bertz CT molecular complexity index is 472. The average molecular weight is 289 g/mol. The largest absolute Gasteiger partial charge is 0.469 e. The average Bonchev–Trinajstić information content (AvgIpc) is 2.93. The highest BCUT2D eigenvalue weighted by molar-refractivity contribution is 5.81. The smallest absolute Gasteiger partial charge is 0.306 e. The van der Waals surface area contributed by atoms with Crippen LogP contribution in [0, 0.1) is 5.92 Å². The van der Waals surface area contributed by atoms with E-state index in [0.717, 1.165) is 25.7 Å². The number of carbonyl (C=O) groups excluding carboxylic acids is 2. The normalized spacial score (nSPS) is 21.0. The summed E-state index contributed by atoms with van der Waals surface area (Å²) in [5, 5.41) is 3.08. The first-order chi connectivity index (χ1) is 10.2. The summed E-state index contributed by atoms with van der Waals surface area (Å²) < 4.78 is 4.55. The van der Waals surface area contributed by atoms with Gasteiger partial charge in [0.1, 0.15) is 0 Å². The summed E-state index contributed by atoms with van der Waals surface area (Å²) in [7, 11) is 1.34. The van der Waals surface area contributed by atoms with E-state index in [1.807, 2.05) is 18.2 Å². The minimum absolute atomic E-state index is 0.0506. The van der Waals surface area contributed by atoms with E-state index in [-0.39, 0.29) is 30.8 Å². The van der Waals surface area contributed by atoms with Crippen LogP contribution in [0.5, 0.6) is 0 Å². The Hall–Kier alpha value is -1.84. The zero-order valence-corrected chi connectivity index (χ0v) is 12.5. The molecule has 21 heavy (non-hydrogen) atoms. The molecule has 114 valence electrons. The lowest BCUT2D eigenvalue weighted by Gasteiger charge is -2.21. The van der Waals surface area contributed by atoms with Crippen molar-refractivity contribution in [1.29, 1.82) is 0 Å². The van der Waals surface area contributed by atoms with Crippen molar-refractivity contribution in [3.63, 3.8) is 0 Å². The number of methoxy groups -OCH3 is 1. The molecule has 0 radical (unpaired) electrons. The van der Waals surface area contributed by atoms with Crippen LogP contribution >= 0.6 is 0 Å². The monoisotopic (exact) mass is 289 g/mol. The maximum Gasteiger partial charge on any atom is 0.306 e. The fourth-order valence-electron chi connectivity index (χ4n) is 2.98. The molecule has 0 saturated heterocycles. The van der Waals surface area contributed by atoms with Gasteiger partial charge in [0.25, 0.3) is 0 Å². The van der Waals surface area contributed by atoms with Crippen LogP contribution in [0.25, 0.3) is 0 Å². The number of nitrogens with one attached hydrogen (secondary N) is 1. The van der Waals surface area contributed by atoms with Crippen LogP contribution < -0.4 is 5.32 Å². The van der Waals surface area contributed by atoms with Crippen LogP contribution in [0.1, 0.15) is 37.7 Å². The highest BCUT2D eigenvalue weighted by Crippen LogP contribution is 2.28. The summed E-state index contributed by atoms with van der Waals surface area (Å²) in [6.45, 7) is 0. The molecule has 1 aliphatic rings. The van der Waals surface area contributed by atoms with Gasteiger partial charge in [-0.1, -0.05) is 36.8 Å².